The molecule has 5 rings (SSSR count). The van der Waals surface area contributed by atoms with E-state index in [2.05, 4.69) is 0 Å². The predicted molar refractivity (Wildman–Crippen MR) is 102 cm³/mol. The van der Waals surface area contributed by atoms with Crippen LogP contribution >= 0.6 is 0 Å². The highest BCUT2D eigenvalue weighted by molar-refractivity contribution is 7.87. The van der Waals surface area contributed by atoms with Crippen molar-refractivity contribution in [1.29, 1.82) is 0 Å². The zero-order chi connectivity index (χ0) is 20.5. The summed E-state index contributed by atoms with van der Waals surface area (Å²) in [7, 11) is -2.94. The van der Waals surface area contributed by atoms with Gasteiger partial charge in [0.05, 0.1) is 16.8 Å². The number of nitrogens with zero attached hydrogens (tertiary/aromatic N) is 2. The summed E-state index contributed by atoms with van der Waals surface area (Å²) >= 11 is 0. The minimum absolute atomic E-state index is 0.0698. The third-order valence-corrected chi connectivity index (χ3v) is 6.31. The predicted octanol–water partition coefficient (Wildman–Crippen LogP) is 2.35. The van der Waals surface area contributed by atoms with E-state index in [1.807, 2.05) is 0 Å². The van der Waals surface area contributed by atoms with E-state index < -0.39 is 21.9 Å². The summed E-state index contributed by atoms with van der Waals surface area (Å²) in [6, 6.07) is 13.5. The minimum Gasteiger partial charge on any atom is -0.311 e. The van der Waals surface area contributed by atoms with E-state index >= 15 is 0 Å². The number of hydroxylamine groups is 2. The summed E-state index contributed by atoms with van der Waals surface area (Å²) in [6.07, 6.45) is 0. The number of hydrogen-bond donors (Lipinski definition) is 0. The molecule has 0 spiro atoms. The average molecular weight is 408 g/mol. The SMILES string of the molecule is CN1C(=O)c2cccc3c(S(=O)(=O)ON4C(=O)c5ccccc5C4=O)ccc1c23. The lowest BCUT2D eigenvalue weighted by atomic mass is 10.1. The Morgan fingerprint density at radius 1 is 0.759 bits per heavy atom. The number of rotatable bonds is 3. The Bertz CT molecular complexity index is 1340. The van der Waals surface area contributed by atoms with Crippen LogP contribution in [-0.2, 0) is 14.4 Å². The van der Waals surface area contributed by atoms with Gasteiger partial charge in [0.15, 0.2) is 0 Å². The zero-order valence-electron chi connectivity index (χ0n) is 14.9. The lowest BCUT2D eigenvalue weighted by Crippen LogP contribution is -2.32. The molecule has 0 radical (unpaired) electrons. The molecule has 0 aliphatic carbocycles. The smallest absolute Gasteiger partial charge is 0.311 e. The molecule has 0 saturated carbocycles. The van der Waals surface area contributed by atoms with Crippen LogP contribution in [0.15, 0.2) is 59.5 Å². The van der Waals surface area contributed by atoms with Gasteiger partial charge in [0.25, 0.3) is 17.7 Å². The van der Waals surface area contributed by atoms with Crippen molar-refractivity contribution < 1.29 is 27.1 Å². The van der Waals surface area contributed by atoms with Gasteiger partial charge in [0.2, 0.25) is 0 Å². The molecule has 0 atom stereocenters. The number of carbonyl (C=O) groups is 3. The van der Waals surface area contributed by atoms with E-state index in [-0.39, 0.29) is 32.4 Å². The van der Waals surface area contributed by atoms with Gasteiger partial charge in [0, 0.05) is 23.4 Å². The Hall–Kier alpha value is -3.56. The molecular weight excluding hydrogens is 396 g/mol. The third kappa shape index (κ3) is 2.28. The number of benzene rings is 3. The molecule has 0 unspecified atom stereocenters. The van der Waals surface area contributed by atoms with Crippen molar-refractivity contribution in [2.45, 2.75) is 4.90 Å². The first-order valence-corrected chi connectivity index (χ1v) is 9.98. The van der Waals surface area contributed by atoms with Gasteiger partial charge < -0.3 is 4.90 Å². The largest absolute Gasteiger partial charge is 0.318 e. The normalized spacial score (nSPS) is 15.6. The van der Waals surface area contributed by atoms with Gasteiger partial charge in [-0.05, 0) is 30.3 Å². The molecule has 144 valence electrons. The van der Waals surface area contributed by atoms with Gasteiger partial charge in [-0.1, -0.05) is 24.3 Å². The van der Waals surface area contributed by atoms with Crippen molar-refractivity contribution in [3.63, 3.8) is 0 Å². The van der Waals surface area contributed by atoms with Crippen LogP contribution in [0.5, 0.6) is 0 Å². The molecule has 2 aliphatic heterocycles. The fraction of sp³-hybridized carbons (Fsp3) is 0.0500. The zero-order valence-corrected chi connectivity index (χ0v) is 15.8. The molecule has 2 heterocycles. The highest BCUT2D eigenvalue weighted by atomic mass is 32.2. The van der Waals surface area contributed by atoms with Crippen molar-refractivity contribution in [1.82, 2.24) is 5.06 Å². The number of hydrogen-bond acceptors (Lipinski definition) is 6. The van der Waals surface area contributed by atoms with Crippen LogP contribution < -0.4 is 4.90 Å². The quantitative estimate of drug-likeness (QED) is 0.617. The molecule has 0 fully saturated rings. The summed E-state index contributed by atoms with van der Waals surface area (Å²) in [5, 5.41) is 1.00. The van der Waals surface area contributed by atoms with E-state index in [0.29, 0.717) is 16.6 Å². The molecule has 0 saturated heterocycles. The van der Waals surface area contributed by atoms with Crippen molar-refractivity contribution in [2.75, 3.05) is 11.9 Å². The van der Waals surface area contributed by atoms with Crippen LogP contribution in [0, 0.1) is 0 Å². The first kappa shape index (κ1) is 17.5. The lowest BCUT2D eigenvalue weighted by molar-refractivity contribution is -0.0103. The van der Waals surface area contributed by atoms with Crippen LogP contribution in [0.1, 0.15) is 31.1 Å². The fourth-order valence-corrected chi connectivity index (χ4v) is 4.79. The van der Waals surface area contributed by atoms with Gasteiger partial charge in [-0.25, -0.2) is 0 Å². The summed E-state index contributed by atoms with van der Waals surface area (Å²) < 4.78 is 30.9. The Balaban J connectivity index is 1.61. The monoisotopic (exact) mass is 408 g/mol. The summed E-state index contributed by atoms with van der Waals surface area (Å²) in [4.78, 5) is 38.5. The van der Waals surface area contributed by atoms with Crippen LogP contribution in [-0.4, -0.2) is 38.3 Å². The third-order valence-electron chi connectivity index (χ3n) is 5.07. The van der Waals surface area contributed by atoms with E-state index in [1.54, 1.807) is 37.4 Å². The molecule has 9 heteroatoms. The Labute approximate surface area is 165 Å². The van der Waals surface area contributed by atoms with Crippen LogP contribution in [0.2, 0.25) is 0 Å². The second-order valence-corrected chi connectivity index (χ2v) is 8.15. The summed E-state index contributed by atoms with van der Waals surface area (Å²) in [5.41, 5.74) is 1.08. The molecule has 3 aromatic carbocycles. The molecule has 0 bridgehead atoms. The number of fused-ring (bicyclic) bond motifs is 1. The van der Waals surface area contributed by atoms with Crippen molar-refractivity contribution in [3.05, 3.63) is 71.3 Å². The van der Waals surface area contributed by atoms with Gasteiger partial charge >= 0.3 is 10.1 Å². The van der Waals surface area contributed by atoms with Crippen molar-refractivity contribution >= 4 is 44.3 Å². The van der Waals surface area contributed by atoms with Crippen LogP contribution in [0.25, 0.3) is 10.8 Å². The molecular formula is C20H12N2O6S. The number of anilines is 1. The first-order chi connectivity index (χ1) is 13.8. The number of imide groups is 1. The molecule has 0 N–H and O–H groups in total. The highest BCUT2D eigenvalue weighted by Crippen LogP contribution is 2.40. The van der Waals surface area contributed by atoms with Crippen molar-refractivity contribution in [2.24, 2.45) is 0 Å². The molecule has 3 amide bonds. The Morgan fingerprint density at radius 2 is 1.38 bits per heavy atom. The van der Waals surface area contributed by atoms with Crippen LogP contribution in [0.4, 0.5) is 5.69 Å². The average Bonchev–Trinajstić information content (AvgIpc) is 3.10. The molecule has 3 aromatic rings. The van der Waals surface area contributed by atoms with E-state index in [4.69, 9.17) is 4.28 Å². The standard InChI is InChI=1S/C20H12N2O6S/c1-21-15-9-10-16(13-7-4-8-14(17(13)15)18(21)23)29(26,27)28-22-19(24)11-5-2-3-6-12(11)20(22)25/h2-10H,1H3. The fourth-order valence-electron chi connectivity index (χ4n) is 3.70. The molecule has 0 aromatic heterocycles. The van der Waals surface area contributed by atoms with E-state index in [9.17, 15) is 22.8 Å². The lowest BCUT2D eigenvalue weighted by Gasteiger charge is -2.15. The number of amides is 3. The summed E-state index contributed by atoms with van der Waals surface area (Å²) in [6.45, 7) is 0. The van der Waals surface area contributed by atoms with Crippen molar-refractivity contribution in [3.8, 4) is 0 Å². The molecule has 8 nitrogen and oxygen atoms in total. The topological polar surface area (TPSA) is 101 Å². The van der Waals surface area contributed by atoms with E-state index in [0.717, 1.165) is 0 Å². The molecule has 29 heavy (non-hydrogen) atoms. The van der Waals surface area contributed by atoms with Gasteiger partial charge in [-0.15, -0.1) is 9.35 Å². The summed E-state index contributed by atoms with van der Waals surface area (Å²) in [5.74, 6) is -1.95. The second-order valence-electron chi connectivity index (χ2n) is 6.65. The van der Waals surface area contributed by atoms with Gasteiger partial charge in [-0.3, -0.25) is 14.4 Å². The first-order valence-electron chi connectivity index (χ1n) is 8.57. The minimum atomic E-state index is -4.54. The van der Waals surface area contributed by atoms with Crippen LogP contribution in [0.3, 0.4) is 0 Å². The second kappa shape index (κ2) is 5.72. The Morgan fingerprint density at radius 3 is 2.03 bits per heavy atom. The van der Waals surface area contributed by atoms with Gasteiger partial charge in [-0.2, -0.15) is 8.42 Å². The maximum Gasteiger partial charge on any atom is 0.318 e. The van der Waals surface area contributed by atoms with E-state index in [1.165, 1.54) is 29.2 Å². The maximum atomic E-state index is 13.0. The number of carbonyl (C=O) groups excluding carboxylic acids is 3. The highest BCUT2D eigenvalue weighted by Gasteiger charge is 2.40. The maximum absolute atomic E-state index is 13.0. The van der Waals surface area contributed by atoms with Gasteiger partial charge in [0.1, 0.15) is 4.90 Å². The molecule has 2 aliphatic rings. The Kier molecular flexibility index (Phi) is 3.46.